The van der Waals surface area contributed by atoms with Crippen LogP contribution in [0.15, 0.2) is 53.5 Å². The van der Waals surface area contributed by atoms with E-state index in [1.165, 1.54) is 29.0 Å². The fourth-order valence-corrected chi connectivity index (χ4v) is 3.71. The van der Waals surface area contributed by atoms with Crippen molar-refractivity contribution in [1.29, 1.82) is 0 Å². The highest BCUT2D eigenvalue weighted by Crippen LogP contribution is 2.25. The Bertz CT molecular complexity index is 1410. The molecule has 3 rings (SSSR count). The summed E-state index contributed by atoms with van der Waals surface area (Å²) in [6.07, 6.45) is -2.90. The molecule has 0 saturated carbocycles. The summed E-state index contributed by atoms with van der Waals surface area (Å²) < 4.78 is 39.3. The molecule has 1 atom stereocenters. The molecule has 2 aromatic heterocycles. The molecular weight excluding hydrogens is 509 g/mol. The number of carbonyl (C=O) groups is 3. The average Bonchev–Trinajstić information content (AvgIpc) is 3.24. The van der Waals surface area contributed by atoms with Gasteiger partial charge < -0.3 is 31.0 Å². The molecule has 202 valence electrons. The molecule has 38 heavy (non-hydrogen) atoms. The third-order valence-corrected chi connectivity index (χ3v) is 5.44. The number of benzene rings is 1. The van der Waals surface area contributed by atoms with Crippen LogP contribution in [0.1, 0.15) is 30.7 Å². The summed E-state index contributed by atoms with van der Waals surface area (Å²) in [6.45, 7) is -0.0648. The van der Waals surface area contributed by atoms with Crippen molar-refractivity contribution in [3.63, 3.8) is 0 Å². The first-order valence-electron chi connectivity index (χ1n) is 11.4. The Morgan fingerprint density at radius 1 is 1.21 bits per heavy atom. The van der Waals surface area contributed by atoms with Gasteiger partial charge in [-0.1, -0.05) is 18.2 Å². The molecule has 0 aliphatic carbocycles. The molecule has 1 unspecified atom stereocenters. The third-order valence-electron chi connectivity index (χ3n) is 5.44. The number of fused-ring (bicyclic) bond motifs is 1. The van der Waals surface area contributed by atoms with Gasteiger partial charge in [-0.2, -0.15) is 13.2 Å². The Kier molecular flexibility index (Phi) is 8.89. The van der Waals surface area contributed by atoms with Gasteiger partial charge in [0.1, 0.15) is 17.6 Å². The summed E-state index contributed by atoms with van der Waals surface area (Å²) in [5, 5.41) is 13.5. The van der Waals surface area contributed by atoms with E-state index in [0.717, 1.165) is 6.08 Å². The minimum atomic E-state index is -4.31. The van der Waals surface area contributed by atoms with E-state index in [-0.39, 0.29) is 31.5 Å². The minimum absolute atomic E-state index is 0.00139. The molecular formula is C24H25F3N6O5. The largest absolute Gasteiger partial charge is 0.465 e. The number of carboxylic acid groups (broad SMARTS) is 1. The maximum atomic E-state index is 13.0. The number of pyridine rings is 1. The van der Waals surface area contributed by atoms with Gasteiger partial charge in [0.15, 0.2) is 0 Å². The van der Waals surface area contributed by atoms with E-state index < -0.39 is 42.1 Å². The molecule has 0 aliphatic rings. The van der Waals surface area contributed by atoms with Crippen molar-refractivity contribution in [2.45, 2.75) is 44.4 Å². The lowest BCUT2D eigenvalue weighted by Gasteiger charge is -2.16. The number of imidazole rings is 1. The van der Waals surface area contributed by atoms with Crippen LogP contribution in [-0.4, -0.2) is 49.8 Å². The fourth-order valence-electron chi connectivity index (χ4n) is 3.71. The summed E-state index contributed by atoms with van der Waals surface area (Å²) in [6, 6.07) is 6.45. The molecule has 0 saturated heterocycles. The van der Waals surface area contributed by atoms with Gasteiger partial charge in [0, 0.05) is 12.6 Å². The lowest BCUT2D eigenvalue weighted by molar-refractivity contribution is -0.134. The highest BCUT2D eigenvalue weighted by molar-refractivity contribution is 5.96. The number of halogens is 3. The van der Waals surface area contributed by atoms with Crippen LogP contribution >= 0.6 is 0 Å². The highest BCUT2D eigenvalue weighted by atomic mass is 19.4. The van der Waals surface area contributed by atoms with E-state index in [1.807, 2.05) is 0 Å². The Balaban J connectivity index is 1.76. The zero-order valence-electron chi connectivity index (χ0n) is 19.9. The number of H-pyrrole nitrogens is 1. The second-order valence-electron chi connectivity index (χ2n) is 8.34. The predicted molar refractivity (Wildman–Crippen MR) is 131 cm³/mol. The monoisotopic (exact) mass is 534 g/mol. The van der Waals surface area contributed by atoms with Gasteiger partial charge in [-0.3, -0.25) is 14.4 Å². The molecule has 1 aromatic carbocycles. The molecule has 2 heterocycles. The smallest absolute Gasteiger partial charge is 0.405 e. The van der Waals surface area contributed by atoms with Crippen LogP contribution in [-0.2, 0) is 22.6 Å². The molecule has 11 nitrogen and oxygen atoms in total. The molecule has 0 aliphatic heterocycles. The number of primary amides is 1. The number of aromatic nitrogens is 3. The van der Waals surface area contributed by atoms with E-state index in [9.17, 15) is 32.3 Å². The lowest BCUT2D eigenvalue weighted by Crippen LogP contribution is -2.44. The van der Waals surface area contributed by atoms with Crippen LogP contribution in [0.5, 0.6) is 0 Å². The number of rotatable bonds is 11. The van der Waals surface area contributed by atoms with Gasteiger partial charge in [0.25, 0.3) is 5.56 Å². The second kappa shape index (κ2) is 12.1. The van der Waals surface area contributed by atoms with E-state index in [0.29, 0.717) is 22.4 Å². The molecule has 0 spiro atoms. The predicted octanol–water partition coefficient (Wildman–Crippen LogP) is 2.66. The molecule has 3 amide bonds. The van der Waals surface area contributed by atoms with Crippen molar-refractivity contribution in [3.05, 3.63) is 70.4 Å². The number of nitrogens with one attached hydrogen (secondary N) is 3. The maximum Gasteiger partial charge on any atom is 0.405 e. The molecule has 0 fully saturated rings. The van der Waals surface area contributed by atoms with Gasteiger partial charge in [-0.15, -0.1) is 0 Å². The van der Waals surface area contributed by atoms with Crippen LogP contribution in [0.2, 0.25) is 0 Å². The number of para-hydroxylation sites is 1. The van der Waals surface area contributed by atoms with Crippen molar-refractivity contribution < 1.29 is 32.7 Å². The number of allylic oxidation sites excluding steroid dienone is 1. The maximum absolute atomic E-state index is 13.0. The Morgan fingerprint density at radius 2 is 1.97 bits per heavy atom. The average molecular weight is 534 g/mol. The number of carbonyl (C=O) groups excluding carboxylic acids is 2. The molecule has 6 N–H and O–H groups in total. The summed E-state index contributed by atoms with van der Waals surface area (Å²) >= 11 is 0. The van der Waals surface area contributed by atoms with Crippen LogP contribution in [0, 0.1) is 0 Å². The number of nitrogens with two attached hydrogens (primary N) is 1. The van der Waals surface area contributed by atoms with E-state index in [1.54, 1.807) is 18.2 Å². The summed E-state index contributed by atoms with van der Waals surface area (Å²) in [4.78, 5) is 54.9. The zero-order valence-corrected chi connectivity index (χ0v) is 19.9. The number of aromatic amines is 1. The van der Waals surface area contributed by atoms with Crippen LogP contribution in [0.4, 0.5) is 23.7 Å². The molecule has 3 aromatic rings. The van der Waals surface area contributed by atoms with Crippen molar-refractivity contribution in [2.24, 2.45) is 5.73 Å². The van der Waals surface area contributed by atoms with Gasteiger partial charge >= 0.3 is 12.3 Å². The number of anilines is 1. The van der Waals surface area contributed by atoms with Gasteiger partial charge in [-0.05, 0) is 49.1 Å². The van der Waals surface area contributed by atoms with Gasteiger partial charge in [0.05, 0.1) is 17.6 Å². The molecule has 0 radical (unpaired) electrons. The minimum Gasteiger partial charge on any atom is -0.465 e. The first-order chi connectivity index (χ1) is 17.9. The summed E-state index contributed by atoms with van der Waals surface area (Å²) in [5.74, 6) is -1.16. The molecule has 14 heteroatoms. The van der Waals surface area contributed by atoms with Crippen molar-refractivity contribution in [2.75, 3.05) is 5.32 Å². The Labute approximate surface area is 213 Å². The third kappa shape index (κ3) is 7.94. The number of amides is 3. The molecule has 0 bridgehead atoms. The van der Waals surface area contributed by atoms with E-state index in [2.05, 4.69) is 20.6 Å². The Morgan fingerprint density at radius 3 is 2.66 bits per heavy atom. The van der Waals surface area contributed by atoms with Crippen LogP contribution in [0.25, 0.3) is 11.0 Å². The SMILES string of the molecule is NC(=O)C=CCCC(NC(=O)O)C(=O)Nc1cccn(Cc2nc3c(CCC(F)(F)F)cccc3[nH]2)c1=O. The van der Waals surface area contributed by atoms with Crippen LogP contribution in [0.3, 0.4) is 0 Å². The summed E-state index contributed by atoms with van der Waals surface area (Å²) in [7, 11) is 0. The second-order valence-corrected chi connectivity index (χ2v) is 8.34. The first kappa shape index (κ1) is 28.0. The van der Waals surface area contributed by atoms with Crippen molar-refractivity contribution in [3.8, 4) is 0 Å². The number of hydrogen-bond acceptors (Lipinski definition) is 5. The number of nitrogens with zero attached hydrogens (tertiary/aromatic N) is 2. The first-order valence-corrected chi connectivity index (χ1v) is 11.4. The fraction of sp³-hybridized carbons (Fsp3) is 0.292. The lowest BCUT2D eigenvalue weighted by atomic mass is 10.1. The Hall–Kier alpha value is -4.62. The quantitative estimate of drug-likeness (QED) is 0.237. The normalized spacial score (nSPS) is 12.5. The summed E-state index contributed by atoms with van der Waals surface area (Å²) in [5.41, 5.74) is 5.57. The highest BCUT2D eigenvalue weighted by Gasteiger charge is 2.27. The standard InChI is InChI=1S/C24H25F3N6O5/c25-24(26,27)11-10-14-5-3-7-15-20(14)32-19(29-15)13-33-12-4-8-17(22(33)36)30-21(35)16(31-23(37)38)6-1-2-9-18(28)34/h2-5,7-9,12,16,31H,1,6,10-11,13H2,(H2,28,34)(H,29,32)(H,30,35)(H,37,38). The van der Waals surface area contributed by atoms with E-state index >= 15 is 0 Å². The number of alkyl halides is 3. The van der Waals surface area contributed by atoms with Crippen molar-refractivity contribution in [1.82, 2.24) is 19.9 Å². The van der Waals surface area contributed by atoms with Crippen LogP contribution < -0.4 is 21.9 Å². The van der Waals surface area contributed by atoms with E-state index in [4.69, 9.17) is 10.8 Å². The topological polar surface area (TPSA) is 172 Å². The zero-order chi connectivity index (χ0) is 27.9. The number of aryl methyl sites for hydroxylation is 1. The van der Waals surface area contributed by atoms with Gasteiger partial charge in [-0.25, -0.2) is 9.78 Å². The van der Waals surface area contributed by atoms with Crippen molar-refractivity contribution >= 4 is 34.6 Å². The number of hydrogen-bond donors (Lipinski definition) is 5. The van der Waals surface area contributed by atoms with Gasteiger partial charge in [0.2, 0.25) is 11.8 Å².